The van der Waals surface area contributed by atoms with Crippen molar-refractivity contribution < 1.29 is 5.11 Å². The number of thiocarbonyl (C=S) groups is 1. The first-order valence-corrected chi connectivity index (χ1v) is 5.42. The van der Waals surface area contributed by atoms with Crippen molar-refractivity contribution in [3.05, 3.63) is 0 Å². The van der Waals surface area contributed by atoms with E-state index >= 15 is 0 Å². The molecule has 0 spiro atoms. The summed E-state index contributed by atoms with van der Waals surface area (Å²) in [4.78, 5) is 0.886. The van der Waals surface area contributed by atoms with E-state index in [0.29, 0.717) is 0 Å². The molecular formula is C10H18OS. The Bertz CT molecular complexity index is 145. The topological polar surface area (TPSA) is 20.2 Å². The fourth-order valence-corrected chi connectivity index (χ4v) is 1.93. The Hall–Kier alpha value is 0.0500. The molecule has 0 bridgehead atoms. The minimum atomic E-state index is -0.293. The molecule has 0 radical (unpaired) electrons. The summed E-state index contributed by atoms with van der Waals surface area (Å²) in [6.45, 7) is 0. The van der Waals surface area contributed by atoms with Gasteiger partial charge in [-0.05, 0) is 19.3 Å². The van der Waals surface area contributed by atoms with Gasteiger partial charge >= 0.3 is 0 Å². The van der Waals surface area contributed by atoms with Crippen molar-refractivity contribution in [1.82, 2.24) is 0 Å². The quantitative estimate of drug-likeness (QED) is 0.587. The first-order valence-electron chi connectivity index (χ1n) is 5.01. The lowest BCUT2D eigenvalue weighted by Gasteiger charge is -2.13. The second-order valence-electron chi connectivity index (χ2n) is 3.64. The lowest BCUT2D eigenvalue weighted by molar-refractivity contribution is 0.224. The van der Waals surface area contributed by atoms with Crippen LogP contribution in [0.4, 0.5) is 0 Å². The van der Waals surface area contributed by atoms with Crippen LogP contribution in [0.2, 0.25) is 0 Å². The van der Waals surface area contributed by atoms with Crippen molar-refractivity contribution in [2.24, 2.45) is 0 Å². The molecule has 70 valence electrons. The zero-order chi connectivity index (χ0) is 8.81. The SMILES string of the molecule is OC1CCCCCCCCC1=S. The number of aliphatic hydroxyl groups is 1. The van der Waals surface area contributed by atoms with Crippen molar-refractivity contribution in [2.45, 2.75) is 57.5 Å². The van der Waals surface area contributed by atoms with Gasteiger partial charge in [0, 0.05) is 4.86 Å². The van der Waals surface area contributed by atoms with Crippen LogP contribution in [0.25, 0.3) is 0 Å². The van der Waals surface area contributed by atoms with Gasteiger partial charge in [0.15, 0.2) is 0 Å². The maximum absolute atomic E-state index is 9.56. The predicted molar refractivity (Wildman–Crippen MR) is 55.5 cm³/mol. The Kier molecular flexibility index (Phi) is 4.77. The van der Waals surface area contributed by atoms with E-state index in [9.17, 15) is 5.11 Å². The fraction of sp³-hybridized carbons (Fsp3) is 0.900. The van der Waals surface area contributed by atoms with Crippen LogP contribution in [0.3, 0.4) is 0 Å². The van der Waals surface area contributed by atoms with E-state index < -0.39 is 0 Å². The van der Waals surface area contributed by atoms with Gasteiger partial charge in [0.1, 0.15) is 0 Å². The monoisotopic (exact) mass is 186 g/mol. The molecule has 1 atom stereocenters. The van der Waals surface area contributed by atoms with Crippen LogP contribution in [0.15, 0.2) is 0 Å². The Morgan fingerprint density at radius 3 is 2.33 bits per heavy atom. The molecule has 0 aromatic carbocycles. The highest BCUT2D eigenvalue weighted by atomic mass is 32.1. The highest BCUT2D eigenvalue weighted by molar-refractivity contribution is 7.80. The molecule has 1 rings (SSSR count). The average molecular weight is 186 g/mol. The van der Waals surface area contributed by atoms with Gasteiger partial charge in [-0.15, -0.1) is 0 Å². The molecule has 1 nitrogen and oxygen atoms in total. The summed E-state index contributed by atoms with van der Waals surface area (Å²) in [7, 11) is 0. The van der Waals surface area contributed by atoms with E-state index in [4.69, 9.17) is 12.2 Å². The number of hydrogen-bond acceptors (Lipinski definition) is 2. The summed E-state index contributed by atoms with van der Waals surface area (Å²) in [5.74, 6) is 0. The van der Waals surface area contributed by atoms with Gasteiger partial charge in [0.25, 0.3) is 0 Å². The molecule has 1 fully saturated rings. The van der Waals surface area contributed by atoms with Crippen molar-refractivity contribution >= 4 is 17.1 Å². The average Bonchev–Trinajstić information content (AvgIpc) is 2.08. The van der Waals surface area contributed by atoms with Crippen LogP contribution in [0.1, 0.15) is 51.4 Å². The van der Waals surface area contributed by atoms with Crippen molar-refractivity contribution in [1.29, 1.82) is 0 Å². The van der Waals surface area contributed by atoms with Crippen LogP contribution in [-0.4, -0.2) is 16.1 Å². The third kappa shape index (κ3) is 3.63. The van der Waals surface area contributed by atoms with E-state index in [1.807, 2.05) is 0 Å². The van der Waals surface area contributed by atoms with Crippen molar-refractivity contribution in [2.75, 3.05) is 0 Å². The molecular weight excluding hydrogens is 168 g/mol. The highest BCUT2D eigenvalue weighted by Crippen LogP contribution is 2.15. The number of rotatable bonds is 0. The zero-order valence-corrected chi connectivity index (χ0v) is 8.41. The lowest BCUT2D eigenvalue weighted by atomic mass is 9.99. The minimum absolute atomic E-state index is 0.293. The Morgan fingerprint density at radius 2 is 1.58 bits per heavy atom. The Balaban J connectivity index is 2.31. The molecule has 12 heavy (non-hydrogen) atoms. The van der Waals surface area contributed by atoms with E-state index in [1.54, 1.807) is 0 Å². The first kappa shape index (κ1) is 10.1. The van der Waals surface area contributed by atoms with Gasteiger partial charge in [-0.2, -0.15) is 0 Å². The zero-order valence-electron chi connectivity index (χ0n) is 7.59. The largest absolute Gasteiger partial charge is 0.388 e. The normalized spacial score (nSPS) is 28.4. The molecule has 1 aliphatic rings. The Labute approximate surface area is 80.2 Å². The summed E-state index contributed by atoms with van der Waals surface area (Å²) >= 11 is 5.13. The lowest BCUT2D eigenvalue weighted by Crippen LogP contribution is -2.18. The summed E-state index contributed by atoms with van der Waals surface area (Å²) in [6.07, 6.45) is 9.09. The molecule has 0 saturated heterocycles. The molecule has 0 aromatic heterocycles. The minimum Gasteiger partial charge on any atom is -0.388 e. The molecule has 1 aliphatic carbocycles. The Morgan fingerprint density at radius 1 is 1.00 bits per heavy atom. The summed E-state index contributed by atoms with van der Waals surface area (Å²) in [6, 6.07) is 0. The van der Waals surface area contributed by atoms with E-state index in [2.05, 4.69) is 0 Å². The van der Waals surface area contributed by atoms with Gasteiger partial charge in [-0.3, -0.25) is 0 Å². The predicted octanol–water partition coefficient (Wildman–Crippen LogP) is 2.85. The van der Waals surface area contributed by atoms with Crippen LogP contribution in [0, 0.1) is 0 Å². The third-order valence-corrected chi connectivity index (χ3v) is 3.00. The summed E-state index contributed by atoms with van der Waals surface area (Å²) in [5.41, 5.74) is 0. The number of hydrogen-bond donors (Lipinski definition) is 1. The van der Waals surface area contributed by atoms with Gasteiger partial charge in [0.2, 0.25) is 0 Å². The standard InChI is InChI=1S/C10H18OS/c11-9-7-5-3-1-2-4-6-8-10(9)12/h9,11H,1-8H2. The van der Waals surface area contributed by atoms with Gasteiger partial charge in [0.05, 0.1) is 6.10 Å². The van der Waals surface area contributed by atoms with E-state index in [-0.39, 0.29) is 6.10 Å². The smallest absolute Gasteiger partial charge is 0.0852 e. The maximum atomic E-state index is 9.56. The highest BCUT2D eigenvalue weighted by Gasteiger charge is 2.10. The van der Waals surface area contributed by atoms with E-state index in [0.717, 1.165) is 24.1 Å². The van der Waals surface area contributed by atoms with Crippen LogP contribution < -0.4 is 0 Å². The summed E-state index contributed by atoms with van der Waals surface area (Å²) < 4.78 is 0. The van der Waals surface area contributed by atoms with Crippen LogP contribution in [-0.2, 0) is 0 Å². The summed E-state index contributed by atoms with van der Waals surface area (Å²) in [5, 5.41) is 9.56. The van der Waals surface area contributed by atoms with Gasteiger partial charge < -0.3 is 5.11 Å². The second kappa shape index (κ2) is 5.65. The van der Waals surface area contributed by atoms with Gasteiger partial charge in [-0.25, -0.2) is 0 Å². The van der Waals surface area contributed by atoms with Crippen molar-refractivity contribution in [3.8, 4) is 0 Å². The molecule has 0 aliphatic heterocycles. The number of aliphatic hydroxyl groups excluding tert-OH is 1. The first-order chi connectivity index (χ1) is 5.80. The molecule has 1 saturated carbocycles. The molecule has 0 aromatic rings. The second-order valence-corrected chi connectivity index (χ2v) is 4.17. The molecule has 1 unspecified atom stereocenters. The fourth-order valence-electron chi connectivity index (χ4n) is 1.67. The maximum Gasteiger partial charge on any atom is 0.0852 e. The third-order valence-electron chi connectivity index (χ3n) is 2.52. The van der Waals surface area contributed by atoms with Crippen LogP contribution in [0.5, 0.6) is 0 Å². The molecule has 0 heterocycles. The van der Waals surface area contributed by atoms with Crippen molar-refractivity contribution in [3.63, 3.8) is 0 Å². The van der Waals surface area contributed by atoms with Crippen LogP contribution >= 0.6 is 12.2 Å². The molecule has 0 amide bonds. The molecule has 2 heteroatoms. The van der Waals surface area contributed by atoms with Gasteiger partial charge in [-0.1, -0.05) is 44.3 Å². The molecule has 1 N–H and O–H groups in total. The van der Waals surface area contributed by atoms with E-state index in [1.165, 1.54) is 32.1 Å².